The van der Waals surface area contributed by atoms with Crippen molar-refractivity contribution in [3.05, 3.63) is 75.3 Å². The van der Waals surface area contributed by atoms with Gasteiger partial charge in [-0.05, 0) is 48.2 Å². The molecule has 0 aliphatic heterocycles. The highest BCUT2D eigenvalue weighted by atomic mass is 35.5. The number of benzene rings is 2. The van der Waals surface area contributed by atoms with Gasteiger partial charge in [0.25, 0.3) is 0 Å². The zero-order valence-electron chi connectivity index (χ0n) is 13.8. The van der Waals surface area contributed by atoms with Crippen molar-refractivity contribution in [3.63, 3.8) is 0 Å². The average molecular weight is 393 g/mol. The van der Waals surface area contributed by atoms with E-state index >= 15 is 0 Å². The van der Waals surface area contributed by atoms with Crippen molar-refractivity contribution in [2.24, 2.45) is 0 Å². The quantitative estimate of drug-likeness (QED) is 0.479. The highest BCUT2D eigenvalue weighted by molar-refractivity contribution is 6.31. The molecule has 0 saturated carbocycles. The van der Waals surface area contributed by atoms with E-state index in [2.05, 4.69) is 0 Å². The lowest BCUT2D eigenvalue weighted by atomic mass is 9.95. The molecule has 2 rings (SSSR count). The Hall–Kier alpha value is -1.95. The Labute approximate surface area is 152 Å². The fraction of sp³-hybridized carbons (Fsp3) is 0.263. The third-order valence-corrected chi connectivity index (χ3v) is 4.36. The number of halogens is 7. The van der Waals surface area contributed by atoms with E-state index in [-0.39, 0.29) is 21.7 Å². The Balaban J connectivity index is 2.42. The lowest BCUT2D eigenvalue weighted by Gasteiger charge is -2.18. The molecule has 26 heavy (non-hydrogen) atoms. The van der Waals surface area contributed by atoms with E-state index in [1.807, 2.05) is 0 Å². The van der Waals surface area contributed by atoms with Crippen molar-refractivity contribution < 1.29 is 26.3 Å². The molecule has 140 valence electrons. The third kappa shape index (κ3) is 4.81. The number of alkyl halides is 6. The third-order valence-electron chi connectivity index (χ3n) is 3.96. The summed E-state index contributed by atoms with van der Waals surface area (Å²) in [5.74, 6) is -1.98. The fourth-order valence-electron chi connectivity index (χ4n) is 2.47. The number of rotatable bonds is 3. The minimum atomic E-state index is -4.60. The predicted octanol–water partition coefficient (Wildman–Crippen LogP) is 7.33. The maximum atomic E-state index is 13.4. The van der Waals surface area contributed by atoms with Crippen molar-refractivity contribution in [2.45, 2.75) is 32.1 Å². The van der Waals surface area contributed by atoms with Crippen LogP contribution in [0.1, 0.15) is 33.7 Å². The van der Waals surface area contributed by atoms with Gasteiger partial charge in [-0.1, -0.05) is 48.0 Å². The minimum absolute atomic E-state index is 0.00679. The molecule has 0 radical (unpaired) electrons. The Morgan fingerprint density at radius 3 is 2.04 bits per heavy atom. The van der Waals surface area contributed by atoms with Gasteiger partial charge in [-0.25, -0.2) is 0 Å². The zero-order chi connectivity index (χ0) is 19.7. The Morgan fingerprint density at radius 1 is 0.885 bits per heavy atom. The molecule has 0 aliphatic rings. The van der Waals surface area contributed by atoms with Gasteiger partial charge in [0.15, 0.2) is 0 Å². The summed E-state index contributed by atoms with van der Waals surface area (Å²) in [7, 11) is 0. The van der Waals surface area contributed by atoms with Gasteiger partial charge in [-0.15, -0.1) is 0 Å². The van der Waals surface area contributed by atoms with Crippen molar-refractivity contribution in [1.82, 2.24) is 0 Å². The molecular formula is C19H15ClF6. The standard InChI is InChI=1S/C19H15ClF6/c1-11-3-5-13(9-16(11)19(24,25)26)6-8-15(18(21,22)23)14-7-4-12(2)17(20)10-14/h3-10,15H,1-2H3/b8-6+. The van der Waals surface area contributed by atoms with E-state index < -0.39 is 23.8 Å². The molecule has 0 saturated heterocycles. The van der Waals surface area contributed by atoms with Gasteiger partial charge in [-0.3, -0.25) is 0 Å². The van der Waals surface area contributed by atoms with Crippen LogP contribution in [0.5, 0.6) is 0 Å². The molecule has 0 nitrogen and oxygen atoms in total. The summed E-state index contributed by atoms with van der Waals surface area (Å²) in [6.45, 7) is 2.96. The predicted molar refractivity (Wildman–Crippen MR) is 90.2 cm³/mol. The average Bonchev–Trinajstić information content (AvgIpc) is 2.50. The van der Waals surface area contributed by atoms with Crippen LogP contribution >= 0.6 is 11.6 Å². The molecule has 0 aromatic heterocycles. The molecule has 2 aromatic rings. The van der Waals surface area contributed by atoms with Gasteiger partial charge in [0.05, 0.1) is 11.5 Å². The van der Waals surface area contributed by atoms with Crippen LogP contribution in [0.2, 0.25) is 5.02 Å². The summed E-state index contributed by atoms with van der Waals surface area (Å²) in [6.07, 6.45) is -7.29. The van der Waals surface area contributed by atoms with E-state index in [1.54, 1.807) is 6.92 Å². The van der Waals surface area contributed by atoms with E-state index in [4.69, 9.17) is 11.6 Å². The van der Waals surface area contributed by atoms with Crippen molar-refractivity contribution in [2.75, 3.05) is 0 Å². The van der Waals surface area contributed by atoms with Crippen LogP contribution in [0.4, 0.5) is 26.3 Å². The molecule has 2 aromatic carbocycles. The van der Waals surface area contributed by atoms with Gasteiger partial charge in [0.1, 0.15) is 0 Å². The molecule has 1 atom stereocenters. The van der Waals surface area contributed by atoms with E-state index in [1.165, 1.54) is 37.3 Å². The maximum absolute atomic E-state index is 13.4. The van der Waals surface area contributed by atoms with Crippen LogP contribution in [0.25, 0.3) is 6.08 Å². The maximum Gasteiger partial charge on any atom is 0.416 e. The lowest BCUT2D eigenvalue weighted by molar-refractivity contribution is -0.139. The van der Waals surface area contributed by atoms with Gasteiger partial charge < -0.3 is 0 Å². The highest BCUT2D eigenvalue weighted by Gasteiger charge is 2.39. The molecule has 0 spiro atoms. The summed E-state index contributed by atoms with van der Waals surface area (Å²) in [5, 5.41) is 0.194. The summed E-state index contributed by atoms with van der Waals surface area (Å²) in [6, 6.07) is 7.40. The van der Waals surface area contributed by atoms with Gasteiger partial charge in [0.2, 0.25) is 0 Å². The van der Waals surface area contributed by atoms with E-state index in [9.17, 15) is 26.3 Å². The van der Waals surface area contributed by atoms with Crippen molar-refractivity contribution in [1.29, 1.82) is 0 Å². The Bertz CT molecular complexity index is 818. The second-order valence-corrected chi connectivity index (χ2v) is 6.37. The molecule has 7 heteroatoms. The Morgan fingerprint density at radius 2 is 1.50 bits per heavy atom. The van der Waals surface area contributed by atoms with Gasteiger partial charge in [0, 0.05) is 5.02 Å². The normalized spacial score (nSPS) is 14.0. The SMILES string of the molecule is Cc1ccc(C(/C=C/c2ccc(C)c(C(F)(F)F)c2)C(F)(F)F)cc1Cl. The minimum Gasteiger partial charge on any atom is -0.170 e. The monoisotopic (exact) mass is 392 g/mol. The second-order valence-electron chi connectivity index (χ2n) is 5.96. The smallest absolute Gasteiger partial charge is 0.170 e. The first-order chi connectivity index (χ1) is 11.9. The van der Waals surface area contributed by atoms with Crippen LogP contribution < -0.4 is 0 Å². The summed E-state index contributed by atoms with van der Waals surface area (Å²) >= 11 is 5.90. The lowest BCUT2D eigenvalue weighted by Crippen LogP contribution is -2.19. The summed E-state index contributed by atoms with van der Waals surface area (Å²) in [5.41, 5.74) is -0.273. The van der Waals surface area contributed by atoms with Crippen LogP contribution in [-0.2, 0) is 6.18 Å². The summed E-state index contributed by atoms with van der Waals surface area (Å²) in [4.78, 5) is 0. The number of aryl methyl sites for hydroxylation is 2. The molecular weight excluding hydrogens is 378 g/mol. The largest absolute Gasteiger partial charge is 0.416 e. The Kier molecular flexibility index (Phi) is 5.76. The number of allylic oxidation sites excluding steroid dienone is 1. The van der Waals surface area contributed by atoms with E-state index in [0.717, 1.165) is 18.2 Å². The van der Waals surface area contributed by atoms with Crippen LogP contribution in [0.15, 0.2) is 42.5 Å². The first-order valence-corrected chi connectivity index (χ1v) is 7.96. The first kappa shape index (κ1) is 20.4. The zero-order valence-corrected chi connectivity index (χ0v) is 14.6. The molecule has 0 aliphatic carbocycles. The second kappa shape index (κ2) is 7.35. The van der Waals surface area contributed by atoms with Crippen molar-refractivity contribution >= 4 is 17.7 Å². The van der Waals surface area contributed by atoms with Gasteiger partial charge >= 0.3 is 12.4 Å². The molecule has 0 amide bonds. The van der Waals surface area contributed by atoms with Crippen LogP contribution in [0, 0.1) is 13.8 Å². The molecule has 0 N–H and O–H groups in total. The molecule has 0 heterocycles. The summed E-state index contributed by atoms with van der Waals surface area (Å²) < 4.78 is 79.0. The number of hydrogen-bond acceptors (Lipinski definition) is 0. The van der Waals surface area contributed by atoms with Crippen molar-refractivity contribution in [3.8, 4) is 0 Å². The molecule has 0 fully saturated rings. The van der Waals surface area contributed by atoms with Gasteiger partial charge in [-0.2, -0.15) is 26.3 Å². The van der Waals surface area contributed by atoms with Crippen LogP contribution in [-0.4, -0.2) is 6.18 Å². The number of hydrogen-bond donors (Lipinski definition) is 0. The molecule has 1 unspecified atom stereocenters. The van der Waals surface area contributed by atoms with E-state index in [0.29, 0.717) is 5.56 Å². The topological polar surface area (TPSA) is 0 Å². The van der Waals surface area contributed by atoms with Crippen LogP contribution in [0.3, 0.4) is 0 Å². The first-order valence-electron chi connectivity index (χ1n) is 7.58. The highest BCUT2D eigenvalue weighted by Crippen LogP contribution is 2.38. The fourth-order valence-corrected chi connectivity index (χ4v) is 2.66. The molecule has 0 bridgehead atoms.